The minimum Gasteiger partial charge on any atom is -0.353 e. The SMILES string of the molecule is O=C(CSCc1ccc(Cl)c(Cl)c1)NC1CCCCCC1. The van der Waals surface area contributed by atoms with Gasteiger partial charge in [-0.15, -0.1) is 11.8 Å². The summed E-state index contributed by atoms with van der Waals surface area (Å²) in [5.74, 6) is 1.41. The fourth-order valence-electron chi connectivity index (χ4n) is 2.58. The maximum atomic E-state index is 12.0. The van der Waals surface area contributed by atoms with E-state index in [1.165, 1.54) is 25.7 Å². The molecule has 0 spiro atoms. The lowest BCUT2D eigenvalue weighted by Crippen LogP contribution is -2.35. The number of halogens is 2. The van der Waals surface area contributed by atoms with Gasteiger partial charge in [-0.05, 0) is 30.5 Å². The number of rotatable bonds is 5. The van der Waals surface area contributed by atoms with Crippen molar-refractivity contribution in [2.24, 2.45) is 0 Å². The zero-order valence-corrected chi connectivity index (χ0v) is 14.4. The van der Waals surface area contributed by atoms with Gasteiger partial charge in [-0.2, -0.15) is 0 Å². The summed E-state index contributed by atoms with van der Waals surface area (Å²) in [7, 11) is 0. The van der Waals surface area contributed by atoms with E-state index in [0.717, 1.165) is 24.2 Å². The molecule has 1 aromatic carbocycles. The van der Waals surface area contributed by atoms with Crippen LogP contribution in [0.4, 0.5) is 0 Å². The Kier molecular flexibility index (Phi) is 7.21. The Hall–Kier alpha value is -0.380. The number of amides is 1. The van der Waals surface area contributed by atoms with Crippen molar-refractivity contribution in [3.8, 4) is 0 Å². The van der Waals surface area contributed by atoms with Crippen LogP contribution in [0.3, 0.4) is 0 Å². The zero-order valence-electron chi connectivity index (χ0n) is 12.0. The topological polar surface area (TPSA) is 29.1 Å². The predicted octanol–water partition coefficient (Wildman–Crippen LogP) is 5.07. The largest absolute Gasteiger partial charge is 0.353 e. The molecule has 0 unspecified atom stereocenters. The van der Waals surface area contributed by atoms with Crippen LogP contribution in [0.15, 0.2) is 18.2 Å². The minimum atomic E-state index is 0.145. The zero-order chi connectivity index (χ0) is 15.1. The van der Waals surface area contributed by atoms with E-state index in [0.29, 0.717) is 21.8 Å². The van der Waals surface area contributed by atoms with Gasteiger partial charge in [-0.25, -0.2) is 0 Å². The van der Waals surface area contributed by atoms with E-state index in [1.807, 2.05) is 12.1 Å². The Balaban J connectivity index is 1.69. The highest BCUT2D eigenvalue weighted by Crippen LogP contribution is 2.24. The van der Waals surface area contributed by atoms with Crippen molar-refractivity contribution in [1.82, 2.24) is 5.32 Å². The molecule has 2 nitrogen and oxygen atoms in total. The molecule has 0 aromatic heterocycles. The van der Waals surface area contributed by atoms with E-state index in [-0.39, 0.29) is 5.91 Å². The first-order valence-corrected chi connectivity index (χ1v) is 9.37. The minimum absolute atomic E-state index is 0.145. The smallest absolute Gasteiger partial charge is 0.230 e. The highest BCUT2D eigenvalue weighted by molar-refractivity contribution is 7.99. The van der Waals surface area contributed by atoms with Crippen LogP contribution in [-0.4, -0.2) is 17.7 Å². The van der Waals surface area contributed by atoms with Crippen LogP contribution in [0.25, 0.3) is 0 Å². The average Bonchev–Trinajstić information content (AvgIpc) is 2.71. The molecule has 1 aliphatic rings. The molecular formula is C16H21Cl2NOS. The van der Waals surface area contributed by atoms with Gasteiger partial charge in [0.15, 0.2) is 0 Å². The van der Waals surface area contributed by atoms with E-state index >= 15 is 0 Å². The third-order valence-electron chi connectivity index (χ3n) is 3.71. The molecule has 2 rings (SSSR count). The third kappa shape index (κ3) is 6.09. The molecule has 1 aliphatic carbocycles. The molecule has 0 radical (unpaired) electrons. The summed E-state index contributed by atoms with van der Waals surface area (Å²) in [6.45, 7) is 0. The maximum Gasteiger partial charge on any atom is 0.230 e. The Labute approximate surface area is 141 Å². The van der Waals surface area contributed by atoms with Crippen LogP contribution in [-0.2, 0) is 10.5 Å². The van der Waals surface area contributed by atoms with Gasteiger partial charge in [0.2, 0.25) is 5.91 Å². The van der Waals surface area contributed by atoms with Gasteiger partial charge in [0.1, 0.15) is 0 Å². The van der Waals surface area contributed by atoms with Gasteiger partial charge in [-0.1, -0.05) is 55.0 Å². The fourth-order valence-corrected chi connectivity index (χ4v) is 3.69. The lowest BCUT2D eigenvalue weighted by atomic mass is 10.1. The fraction of sp³-hybridized carbons (Fsp3) is 0.562. The van der Waals surface area contributed by atoms with Crippen molar-refractivity contribution >= 4 is 40.9 Å². The lowest BCUT2D eigenvalue weighted by molar-refractivity contribution is -0.119. The van der Waals surface area contributed by atoms with Crippen LogP contribution in [0.5, 0.6) is 0 Å². The Morgan fingerprint density at radius 3 is 2.52 bits per heavy atom. The summed E-state index contributed by atoms with van der Waals surface area (Å²) in [6, 6.07) is 5.99. The molecule has 1 amide bonds. The van der Waals surface area contributed by atoms with E-state index in [4.69, 9.17) is 23.2 Å². The number of hydrogen-bond acceptors (Lipinski definition) is 2. The average molecular weight is 346 g/mol. The second-order valence-electron chi connectivity index (χ2n) is 5.50. The normalized spacial score (nSPS) is 16.5. The highest BCUT2D eigenvalue weighted by atomic mass is 35.5. The molecular weight excluding hydrogens is 325 g/mol. The molecule has 116 valence electrons. The summed E-state index contributed by atoms with van der Waals surface area (Å²) >= 11 is 13.5. The van der Waals surface area contributed by atoms with Gasteiger partial charge in [0.25, 0.3) is 0 Å². The predicted molar refractivity (Wildman–Crippen MR) is 92.3 cm³/mol. The standard InChI is InChI=1S/C16H21Cl2NOS/c17-14-8-7-12(9-15(14)18)10-21-11-16(20)19-13-5-3-1-2-4-6-13/h7-9,13H,1-6,10-11H2,(H,19,20). The molecule has 0 heterocycles. The van der Waals surface area contributed by atoms with E-state index < -0.39 is 0 Å². The number of thioether (sulfide) groups is 1. The maximum absolute atomic E-state index is 12.0. The lowest BCUT2D eigenvalue weighted by Gasteiger charge is -2.16. The van der Waals surface area contributed by atoms with E-state index in [2.05, 4.69) is 5.32 Å². The molecule has 21 heavy (non-hydrogen) atoms. The van der Waals surface area contributed by atoms with Crippen molar-refractivity contribution < 1.29 is 4.79 Å². The van der Waals surface area contributed by atoms with Gasteiger partial charge < -0.3 is 5.32 Å². The first-order chi connectivity index (χ1) is 10.1. The molecule has 1 N–H and O–H groups in total. The highest BCUT2D eigenvalue weighted by Gasteiger charge is 2.14. The molecule has 1 aromatic rings. The van der Waals surface area contributed by atoms with Crippen LogP contribution in [0, 0.1) is 0 Å². The van der Waals surface area contributed by atoms with E-state index in [9.17, 15) is 4.79 Å². The van der Waals surface area contributed by atoms with Crippen molar-refractivity contribution in [2.75, 3.05) is 5.75 Å². The van der Waals surface area contributed by atoms with Crippen molar-refractivity contribution in [2.45, 2.75) is 50.3 Å². The first kappa shape index (κ1) is 17.0. The van der Waals surface area contributed by atoms with Crippen molar-refractivity contribution in [3.05, 3.63) is 33.8 Å². The summed E-state index contributed by atoms with van der Waals surface area (Å²) in [6.07, 6.45) is 7.34. The van der Waals surface area contributed by atoms with Gasteiger partial charge >= 0.3 is 0 Å². The van der Waals surface area contributed by atoms with Crippen LogP contribution < -0.4 is 5.32 Å². The first-order valence-electron chi connectivity index (χ1n) is 7.46. The van der Waals surface area contributed by atoms with Gasteiger partial charge in [0, 0.05) is 11.8 Å². The number of hydrogen-bond donors (Lipinski definition) is 1. The summed E-state index contributed by atoms with van der Waals surface area (Å²) in [5, 5.41) is 4.29. The number of carbonyl (C=O) groups excluding carboxylic acids is 1. The van der Waals surface area contributed by atoms with Crippen molar-refractivity contribution in [3.63, 3.8) is 0 Å². The molecule has 0 saturated heterocycles. The van der Waals surface area contributed by atoms with Crippen molar-refractivity contribution in [1.29, 1.82) is 0 Å². The van der Waals surface area contributed by atoms with Gasteiger partial charge in [-0.3, -0.25) is 4.79 Å². The summed E-state index contributed by atoms with van der Waals surface area (Å²) in [5.41, 5.74) is 1.09. The molecule has 0 aliphatic heterocycles. The monoisotopic (exact) mass is 345 g/mol. The number of benzene rings is 1. The summed E-state index contributed by atoms with van der Waals surface area (Å²) in [4.78, 5) is 12.0. The molecule has 5 heteroatoms. The second kappa shape index (κ2) is 8.92. The summed E-state index contributed by atoms with van der Waals surface area (Å²) < 4.78 is 0. The van der Waals surface area contributed by atoms with Gasteiger partial charge in [0.05, 0.1) is 15.8 Å². The van der Waals surface area contributed by atoms with Crippen LogP contribution in [0.1, 0.15) is 44.1 Å². The molecule has 0 atom stereocenters. The molecule has 1 saturated carbocycles. The second-order valence-corrected chi connectivity index (χ2v) is 7.30. The van der Waals surface area contributed by atoms with Crippen LogP contribution >= 0.6 is 35.0 Å². The molecule has 0 bridgehead atoms. The Morgan fingerprint density at radius 2 is 1.86 bits per heavy atom. The number of nitrogens with one attached hydrogen (secondary N) is 1. The van der Waals surface area contributed by atoms with E-state index in [1.54, 1.807) is 17.8 Å². The number of carbonyl (C=O) groups is 1. The quantitative estimate of drug-likeness (QED) is 0.755. The molecule has 1 fully saturated rings. The van der Waals surface area contributed by atoms with Crippen LogP contribution in [0.2, 0.25) is 10.0 Å². The third-order valence-corrected chi connectivity index (χ3v) is 5.45. The Bertz CT molecular complexity index is 473. The Morgan fingerprint density at radius 1 is 1.14 bits per heavy atom.